The lowest BCUT2D eigenvalue weighted by molar-refractivity contribution is 0.0966. The second-order valence-corrected chi connectivity index (χ2v) is 5.50. The summed E-state index contributed by atoms with van der Waals surface area (Å²) in [6.07, 6.45) is 0. The fourth-order valence-corrected chi connectivity index (χ4v) is 2.78. The fourth-order valence-electron chi connectivity index (χ4n) is 1.25. The number of carbonyl (C=O) groups is 1. The van der Waals surface area contributed by atoms with Gasteiger partial charge in [-0.3, -0.25) is 15.6 Å². The van der Waals surface area contributed by atoms with E-state index in [2.05, 4.69) is 10.9 Å². The normalized spacial score (nSPS) is 10.2. The first kappa shape index (κ1) is 13.5. The lowest BCUT2D eigenvalue weighted by atomic mass is 10.3. The van der Waals surface area contributed by atoms with E-state index in [1.807, 2.05) is 5.38 Å². The van der Waals surface area contributed by atoms with Gasteiger partial charge >= 0.3 is 0 Å². The Labute approximate surface area is 123 Å². The Hall–Kier alpha value is -0.940. The molecule has 1 aromatic heterocycles. The highest BCUT2D eigenvalue weighted by atomic mass is 35.5. The van der Waals surface area contributed by atoms with Gasteiger partial charge in [-0.1, -0.05) is 40.9 Å². The minimum Gasteiger partial charge on any atom is -0.295 e. The fraction of sp³-hybridized carbons (Fsp3) is 0. The number of anilines is 1. The highest BCUT2D eigenvalue weighted by molar-refractivity contribution is 7.12. The number of hydrogen-bond donors (Lipinski definition) is 2. The van der Waals surface area contributed by atoms with Crippen LogP contribution in [0.25, 0.3) is 0 Å². The Morgan fingerprint density at radius 2 is 1.83 bits per heavy atom. The van der Waals surface area contributed by atoms with Crippen LogP contribution in [0.5, 0.6) is 0 Å². The molecule has 2 N–H and O–H groups in total. The van der Waals surface area contributed by atoms with E-state index in [4.69, 9.17) is 34.8 Å². The van der Waals surface area contributed by atoms with Crippen molar-refractivity contribution in [3.8, 4) is 0 Å². The largest absolute Gasteiger partial charge is 0.295 e. The van der Waals surface area contributed by atoms with Crippen molar-refractivity contribution < 1.29 is 4.79 Å². The third kappa shape index (κ3) is 3.09. The summed E-state index contributed by atoms with van der Waals surface area (Å²) >= 11 is 19.0. The first-order valence-corrected chi connectivity index (χ1v) is 6.83. The number of thiophene rings is 1. The van der Waals surface area contributed by atoms with E-state index < -0.39 is 0 Å². The molecule has 0 fully saturated rings. The Morgan fingerprint density at radius 3 is 2.39 bits per heavy atom. The van der Waals surface area contributed by atoms with Crippen molar-refractivity contribution in [3.63, 3.8) is 0 Å². The molecule has 0 saturated heterocycles. The Bertz CT molecular complexity index is 549. The van der Waals surface area contributed by atoms with Gasteiger partial charge in [-0.15, -0.1) is 11.3 Å². The topological polar surface area (TPSA) is 41.1 Å². The maximum atomic E-state index is 11.7. The monoisotopic (exact) mass is 320 g/mol. The minimum absolute atomic E-state index is 0.257. The molecule has 1 heterocycles. The van der Waals surface area contributed by atoms with Gasteiger partial charge in [0.1, 0.15) is 0 Å². The molecule has 0 atom stereocenters. The number of benzene rings is 1. The van der Waals surface area contributed by atoms with Crippen LogP contribution in [-0.2, 0) is 0 Å². The zero-order chi connectivity index (χ0) is 13.1. The summed E-state index contributed by atoms with van der Waals surface area (Å²) < 4.78 is 0. The summed E-state index contributed by atoms with van der Waals surface area (Å²) in [7, 11) is 0. The van der Waals surface area contributed by atoms with Crippen LogP contribution in [0, 0.1) is 0 Å². The van der Waals surface area contributed by atoms with Crippen molar-refractivity contribution in [1.82, 2.24) is 5.43 Å². The van der Waals surface area contributed by atoms with Gasteiger partial charge in [0.05, 0.1) is 20.6 Å². The number of hydrazine groups is 1. The third-order valence-corrected chi connectivity index (χ3v) is 3.74. The Balaban J connectivity index is 2.09. The van der Waals surface area contributed by atoms with Crippen LogP contribution in [0.2, 0.25) is 15.1 Å². The van der Waals surface area contributed by atoms with E-state index in [0.717, 1.165) is 0 Å². The predicted octanol–water partition coefficient (Wildman–Crippen LogP) is 4.47. The Kier molecular flexibility index (Phi) is 4.35. The molecule has 0 bridgehead atoms. The number of nitrogens with one attached hydrogen (secondary N) is 2. The molecular formula is C11H7Cl3N2OS. The van der Waals surface area contributed by atoms with Gasteiger partial charge in [0, 0.05) is 5.02 Å². The van der Waals surface area contributed by atoms with Crippen molar-refractivity contribution in [2.45, 2.75) is 0 Å². The summed E-state index contributed by atoms with van der Waals surface area (Å²) in [4.78, 5) is 12.3. The molecule has 0 radical (unpaired) electrons. The first-order chi connectivity index (χ1) is 8.58. The molecule has 7 heteroatoms. The van der Waals surface area contributed by atoms with E-state index in [9.17, 15) is 4.79 Å². The maximum absolute atomic E-state index is 11.7. The molecule has 3 nitrogen and oxygen atoms in total. The van der Waals surface area contributed by atoms with Crippen molar-refractivity contribution >= 4 is 57.7 Å². The van der Waals surface area contributed by atoms with Crippen molar-refractivity contribution in [2.75, 3.05) is 5.43 Å². The molecule has 94 valence electrons. The van der Waals surface area contributed by atoms with Crippen LogP contribution < -0.4 is 10.9 Å². The molecule has 1 amide bonds. The highest BCUT2D eigenvalue weighted by Crippen LogP contribution is 2.33. The number of halogens is 3. The maximum Gasteiger partial charge on any atom is 0.279 e. The second kappa shape index (κ2) is 5.80. The smallest absolute Gasteiger partial charge is 0.279 e. The minimum atomic E-state index is -0.257. The standard InChI is InChI=1S/C11H7Cl3N2OS/c12-6-4-7(13)10(8(14)5-6)15-16-11(17)9-2-1-3-18-9/h1-5,15H,(H,16,17). The molecule has 0 saturated carbocycles. The van der Waals surface area contributed by atoms with Gasteiger partial charge in [0.2, 0.25) is 0 Å². The highest BCUT2D eigenvalue weighted by Gasteiger charge is 2.10. The molecule has 0 aliphatic rings. The Morgan fingerprint density at radius 1 is 1.17 bits per heavy atom. The van der Waals surface area contributed by atoms with Crippen LogP contribution >= 0.6 is 46.1 Å². The average molecular weight is 322 g/mol. The van der Waals surface area contributed by atoms with Crippen molar-refractivity contribution in [2.24, 2.45) is 0 Å². The van der Waals surface area contributed by atoms with E-state index >= 15 is 0 Å². The van der Waals surface area contributed by atoms with Gasteiger partial charge in [0.25, 0.3) is 5.91 Å². The summed E-state index contributed by atoms with van der Waals surface area (Å²) in [6, 6.07) is 6.58. The SMILES string of the molecule is O=C(NNc1c(Cl)cc(Cl)cc1Cl)c1cccs1. The summed E-state index contributed by atoms with van der Waals surface area (Å²) in [5, 5.41) is 2.91. The third-order valence-electron chi connectivity index (χ3n) is 2.05. The van der Waals surface area contributed by atoms with Gasteiger partial charge < -0.3 is 0 Å². The summed E-state index contributed by atoms with van der Waals surface area (Å²) in [5.41, 5.74) is 5.60. The molecular weight excluding hydrogens is 315 g/mol. The molecule has 2 rings (SSSR count). The zero-order valence-corrected chi connectivity index (χ0v) is 11.9. The quantitative estimate of drug-likeness (QED) is 0.819. The average Bonchev–Trinajstić information content (AvgIpc) is 2.80. The lowest BCUT2D eigenvalue weighted by Gasteiger charge is -2.11. The van der Waals surface area contributed by atoms with Crippen LogP contribution in [0.15, 0.2) is 29.6 Å². The van der Waals surface area contributed by atoms with Gasteiger partial charge in [-0.05, 0) is 23.6 Å². The number of carbonyl (C=O) groups excluding carboxylic acids is 1. The second-order valence-electron chi connectivity index (χ2n) is 3.30. The van der Waals surface area contributed by atoms with Crippen LogP contribution in [0.4, 0.5) is 5.69 Å². The zero-order valence-electron chi connectivity index (χ0n) is 8.84. The van der Waals surface area contributed by atoms with Gasteiger partial charge in [0.15, 0.2) is 0 Å². The molecule has 2 aromatic rings. The molecule has 0 aliphatic carbocycles. The summed E-state index contributed by atoms with van der Waals surface area (Å²) in [5.74, 6) is -0.257. The van der Waals surface area contributed by atoms with Gasteiger partial charge in [-0.25, -0.2) is 0 Å². The van der Waals surface area contributed by atoms with Crippen LogP contribution in [0.1, 0.15) is 9.67 Å². The predicted molar refractivity (Wildman–Crippen MR) is 76.9 cm³/mol. The van der Waals surface area contributed by atoms with Crippen molar-refractivity contribution in [3.05, 3.63) is 49.6 Å². The molecule has 0 spiro atoms. The van der Waals surface area contributed by atoms with Crippen molar-refractivity contribution in [1.29, 1.82) is 0 Å². The molecule has 0 aliphatic heterocycles. The number of hydrogen-bond acceptors (Lipinski definition) is 3. The lowest BCUT2D eigenvalue weighted by Crippen LogP contribution is -2.28. The van der Waals surface area contributed by atoms with Gasteiger partial charge in [-0.2, -0.15) is 0 Å². The van der Waals surface area contributed by atoms with E-state index in [1.165, 1.54) is 23.5 Å². The molecule has 18 heavy (non-hydrogen) atoms. The summed E-state index contributed by atoms with van der Waals surface area (Å²) in [6.45, 7) is 0. The number of rotatable bonds is 3. The van der Waals surface area contributed by atoms with E-state index in [1.54, 1.807) is 12.1 Å². The first-order valence-electron chi connectivity index (χ1n) is 4.82. The van der Waals surface area contributed by atoms with E-state index in [-0.39, 0.29) is 5.91 Å². The van der Waals surface area contributed by atoms with Crippen LogP contribution in [-0.4, -0.2) is 5.91 Å². The molecule has 1 aromatic carbocycles. The van der Waals surface area contributed by atoms with Crippen LogP contribution in [0.3, 0.4) is 0 Å². The number of amides is 1. The van der Waals surface area contributed by atoms with E-state index in [0.29, 0.717) is 25.6 Å². The molecule has 0 unspecified atom stereocenters.